The van der Waals surface area contributed by atoms with Crippen molar-refractivity contribution in [3.05, 3.63) is 18.7 Å². The van der Waals surface area contributed by atoms with E-state index in [1.54, 1.807) is 0 Å². The Labute approximate surface area is 99.8 Å². The van der Waals surface area contributed by atoms with Crippen molar-refractivity contribution in [2.24, 2.45) is 7.05 Å². The Hall–Kier alpha value is -1.40. The highest BCUT2D eigenvalue weighted by atomic mass is 16.5. The summed E-state index contributed by atoms with van der Waals surface area (Å²) < 4.78 is 9.65. The predicted octanol–water partition coefficient (Wildman–Crippen LogP) is -0.856. The van der Waals surface area contributed by atoms with Crippen molar-refractivity contribution in [2.45, 2.75) is 25.1 Å². The fourth-order valence-electron chi connectivity index (χ4n) is 1.98. The summed E-state index contributed by atoms with van der Waals surface area (Å²) in [4.78, 5) is 10.7. The minimum Gasteiger partial charge on any atom is -0.480 e. The highest BCUT2D eigenvalue weighted by Crippen LogP contribution is 2.10. The largest absolute Gasteiger partial charge is 0.480 e. The molecule has 2 atom stereocenters. The lowest BCUT2D eigenvalue weighted by atomic mass is 10.2. The van der Waals surface area contributed by atoms with E-state index in [-0.39, 0.29) is 6.10 Å². The molecule has 0 saturated carbocycles. The molecule has 0 aromatic carbocycles. The highest BCUT2D eigenvalue weighted by Gasteiger charge is 2.29. The zero-order valence-corrected chi connectivity index (χ0v) is 9.87. The van der Waals surface area contributed by atoms with E-state index in [0.29, 0.717) is 19.6 Å². The highest BCUT2D eigenvalue weighted by molar-refractivity contribution is 5.73. The number of rotatable bonds is 5. The fourth-order valence-corrected chi connectivity index (χ4v) is 1.98. The third-order valence-corrected chi connectivity index (χ3v) is 2.92. The number of hydrogen-bond acceptors (Lipinski definition) is 3. The summed E-state index contributed by atoms with van der Waals surface area (Å²) >= 11 is 0. The van der Waals surface area contributed by atoms with Gasteiger partial charge in [-0.05, 0) is 0 Å². The molecule has 94 valence electrons. The molecule has 1 aromatic heterocycles. The maximum atomic E-state index is 10.7. The van der Waals surface area contributed by atoms with Gasteiger partial charge in [0.2, 0.25) is 6.33 Å². The first-order chi connectivity index (χ1) is 8.15. The van der Waals surface area contributed by atoms with Gasteiger partial charge in [0.25, 0.3) is 0 Å². The first-order valence-electron chi connectivity index (χ1n) is 5.74. The molecule has 1 aromatic rings. The first kappa shape index (κ1) is 12.1. The Morgan fingerprint density at radius 2 is 2.53 bits per heavy atom. The maximum absolute atomic E-state index is 10.7. The SMILES string of the molecule is C[n+]1ccn(CCO[C@H]2CN[C@H](C(=O)O)C2)c1. The van der Waals surface area contributed by atoms with Crippen molar-refractivity contribution >= 4 is 5.97 Å². The Morgan fingerprint density at radius 1 is 1.71 bits per heavy atom. The van der Waals surface area contributed by atoms with Crippen LogP contribution in [-0.4, -0.2) is 40.9 Å². The number of hydrogen-bond donors (Lipinski definition) is 2. The van der Waals surface area contributed by atoms with Crippen LogP contribution in [0.15, 0.2) is 18.7 Å². The summed E-state index contributed by atoms with van der Waals surface area (Å²) in [5.41, 5.74) is 0. The molecule has 6 nitrogen and oxygen atoms in total. The fraction of sp³-hybridized carbons (Fsp3) is 0.636. The van der Waals surface area contributed by atoms with Gasteiger partial charge in [0.1, 0.15) is 25.0 Å². The van der Waals surface area contributed by atoms with E-state index in [0.717, 1.165) is 6.54 Å². The third-order valence-electron chi connectivity index (χ3n) is 2.92. The molecular formula is C11H18N3O3+. The van der Waals surface area contributed by atoms with Gasteiger partial charge >= 0.3 is 5.97 Å². The zero-order valence-electron chi connectivity index (χ0n) is 9.87. The number of carboxylic acid groups (broad SMARTS) is 1. The van der Waals surface area contributed by atoms with Gasteiger partial charge in [-0.15, -0.1) is 0 Å². The van der Waals surface area contributed by atoms with Crippen molar-refractivity contribution in [3.63, 3.8) is 0 Å². The molecule has 0 radical (unpaired) electrons. The summed E-state index contributed by atoms with van der Waals surface area (Å²) in [5, 5.41) is 11.7. The number of aromatic nitrogens is 2. The van der Waals surface area contributed by atoms with Crippen molar-refractivity contribution in [1.82, 2.24) is 9.88 Å². The van der Waals surface area contributed by atoms with E-state index in [2.05, 4.69) is 5.32 Å². The van der Waals surface area contributed by atoms with Crippen LogP contribution in [-0.2, 0) is 23.1 Å². The summed E-state index contributed by atoms with van der Waals surface area (Å²) in [7, 11) is 1.97. The van der Waals surface area contributed by atoms with E-state index < -0.39 is 12.0 Å². The quantitative estimate of drug-likeness (QED) is 0.658. The second-order valence-corrected chi connectivity index (χ2v) is 4.34. The average molecular weight is 240 g/mol. The monoisotopic (exact) mass is 240 g/mol. The molecule has 1 saturated heterocycles. The van der Waals surface area contributed by atoms with Crippen LogP contribution in [0.25, 0.3) is 0 Å². The van der Waals surface area contributed by atoms with Crippen LogP contribution in [0.3, 0.4) is 0 Å². The van der Waals surface area contributed by atoms with Crippen molar-refractivity contribution < 1.29 is 19.2 Å². The lowest BCUT2D eigenvalue weighted by Gasteiger charge is -2.08. The van der Waals surface area contributed by atoms with Gasteiger partial charge < -0.3 is 15.2 Å². The lowest BCUT2D eigenvalue weighted by molar-refractivity contribution is -0.671. The molecule has 1 aliphatic heterocycles. The van der Waals surface area contributed by atoms with E-state index >= 15 is 0 Å². The van der Waals surface area contributed by atoms with Crippen molar-refractivity contribution in [1.29, 1.82) is 0 Å². The number of nitrogens with zero attached hydrogens (tertiary/aromatic N) is 2. The van der Waals surface area contributed by atoms with Crippen LogP contribution < -0.4 is 9.88 Å². The van der Waals surface area contributed by atoms with Gasteiger partial charge in [-0.25, -0.2) is 9.13 Å². The van der Waals surface area contributed by atoms with Crippen LogP contribution in [0.1, 0.15) is 6.42 Å². The van der Waals surface area contributed by atoms with E-state index in [1.165, 1.54) is 0 Å². The minimum atomic E-state index is -0.798. The predicted molar refractivity (Wildman–Crippen MR) is 59.4 cm³/mol. The van der Waals surface area contributed by atoms with E-state index in [1.807, 2.05) is 34.9 Å². The first-order valence-corrected chi connectivity index (χ1v) is 5.74. The van der Waals surface area contributed by atoms with E-state index in [9.17, 15) is 4.79 Å². The molecule has 2 N–H and O–H groups in total. The number of imidazole rings is 1. The number of carbonyl (C=O) groups is 1. The third kappa shape index (κ3) is 3.28. The summed E-state index contributed by atoms with van der Waals surface area (Å²) in [5.74, 6) is -0.798. The van der Waals surface area contributed by atoms with E-state index in [4.69, 9.17) is 9.84 Å². The number of aryl methyl sites for hydroxylation is 1. The molecule has 6 heteroatoms. The topological polar surface area (TPSA) is 67.4 Å². The molecule has 1 aliphatic rings. The van der Waals surface area contributed by atoms with Gasteiger partial charge in [-0.1, -0.05) is 0 Å². The standard InChI is InChI=1S/C11H17N3O3/c1-13-2-3-14(8-13)4-5-17-9-6-10(11(15)16)12-7-9/h2-3,8-10,12H,4-7H2,1H3/p+1/t9-,10+/m1/s1. The van der Waals surface area contributed by atoms with Gasteiger partial charge in [-0.2, -0.15) is 0 Å². The molecular weight excluding hydrogens is 222 g/mol. The minimum absolute atomic E-state index is 0.0143. The second-order valence-electron chi connectivity index (χ2n) is 4.34. The van der Waals surface area contributed by atoms with Crippen molar-refractivity contribution in [3.8, 4) is 0 Å². The van der Waals surface area contributed by atoms with Crippen LogP contribution in [0.2, 0.25) is 0 Å². The number of carboxylic acids is 1. The maximum Gasteiger partial charge on any atom is 0.320 e. The summed E-state index contributed by atoms with van der Waals surface area (Å²) in [6.07, 6.45) is 6.50. The molecule has 2 rings (SSSR count). The molecule has 0 spiro atoms. The summed E-state index contributed by atoms with van der Waals surface area (Å²) in [6.45, 7) is 2.01. The van der Waals surface area contributed by atoms with Crippen LogP contribution in [0.5, 0.6) is 0 Å². The Balaban J connectivity index is 1.68. The van der Waals surface area contributed by atoms with Gasteiger partial charge in [0, 0.05) is 13.0 Å². The normalized spacial score (nSPS) is 24.1. The van der Waals surface area contributed by atoms with Crippen molar-refractivity contribution in [2.75, 3.05) is 13.2 Å². The van der Waals surface area contributed by atoms with Gasteiger partial charge in [-0.3, -0.25) is 4.79 Å². The van der Waals surface area contributed by atoms with Gasteiger partial charge in [0.05, 0.1) is 19.8 Å². The zero-order chi connectivity index (χ0) is 12.3. The molecule has 0 unspecified atom stereocenters. The molecule has 0 aliphatic carbocycles. The lowest BCUT2D eigenvalue weighted by Crippen LogP contribution is -2.29. The molecule has 1 fully saturated rings. The van der Waals surface area contributed by atoms with Crippen LogP contribution >= 0.6 is 0 Å². The summed E-state index contributed by atoms with van der Waals surface area (Å²) in [6, 6.07) is -0.454. The second kappa shape index (κ2) is 5.29. The molecule has 17 heavy (non-hydrogen) atoms. The smallest absolute Gasteiger partial charge is 0.320 e. The Bertz CT molecular complexity index is 391. The average Bonchev–Trinajstić information content (AvgIpc) is 2.88. The number of nitrogens with one attached hydrogen (secondary N) is 1. The molecule has 0 bridgehead atoms. The number of aliphatic carboxylic acids is 1. The molecule has 2 heterocycles. The molecule has 0 amide bonds. The number of ether oxygens (including phenoxy) is 1. The Kier molecular flexibility index (Phi) is 3.75. The van der Waals surface area contributed by atoms with Gasteiger partial charge in [0.15, 0.2) is 0 Å². The Morgan fingerprint density at radius 3 is 3.12 bits per heavy atom. The van der Waals surface area contributed by atoms with Crippen LogP contribution in [0, 0.1) is 0 Å². The van der Waals surface area contributed by atoms with Crippen LogP contribution in [0.4, 0.5) is 0 Å².